The second-order valence-corrected chi connectivity index (χ2v) is 11.6. The van der Waals surface area contributed by atoms with Crippen LogP contribution in [-0.2, 0) is 14.1 Å². The van der Waals surface area contributed by atoms with Crippen LogP contribution in [0.1, 0.15) is 0 Å². The highest BCUT2D eigenvalue weighted by Crippen LogP contribution is 2.39. The maximum atomic E-state index is 6.28. The molecule has 0 fully saturated rings. The van der Waals surface area contributed by atoms with Crippen molar-refractivity contribution in [2.75, 3.05) is 22.9 Å². The van der Waals surface area contributed by atoms with Crippen molar-refractivity contribution >= 4 is 66.9 Å². The standard InChI is InChI=1S/C34H26N12/c1-45-31-21-9-5-17(37)13-25(21)33(45)42-28-20-8-4-15(35)11-23(20)29(40-28)43-32-22-10-6-18(38)14-26(22)34(46(32)2)44-30-24-12-16(36)3-7-19(24)27(39-30)41-31/h3-14H,35-38H2,1-2H3. The summed E-state index contributed by atoms with van der Waals surface area (Å²) in [6.07, 6.45) is 0. The summed E-state index contributed by atoms with van der Waals surface area (Å²) in [4.78, 5) is 30.4. The first-order chi connectivity index (χ1) is 22.2. The molecule has 0 atom stereocenters. The molecule has 0 amide bonds. The molecule has 0 spiro atoms. The minimum Gasteiger partial charge on any atom is -0.399 e. The van der Waals surface area contributed by atoms with Crippen molar-refractivity contribution in [1.29, 1.82) is 0 Å². The van der Waals surface area contributed by atoms with Gasteiger partial charge in [-0.05, 0) is 72.8 Å². The Bertz CT molecular complexity index is 2670. The smallest absolute Gasteiger partial charge is 0.164 e. The summed E-state index contributed by atoms with van der Waals surface area (Å²) in [6, 6.07) is 22.7. The molecule has 0 unspecified atom stereocenters. The van der Waals surface area contributed by atoms with E-state index in [-0.39, 0.29) is 0 Å². The normalized spacial score (nSPS) is 12.0. The van der Waals surface area contributed by atoms with Gasteiger partial charge in [0.1, 0.15) is 22.6 Å². The quantitative estimate of drug-likeness (QED) is 0.167. The van der Waals surface area contributed by atoms with Gasteiger partial charge >= 0.3 is 0 Å². The van der Waals surface area contributed by atoms with Crippen molar-refractivity contribution in [3.8, 4) is 45.6 Å². The fraction of sp³-hybridized carbons (Fsp3) is 0.0588. The second-order valence-electron chi connectivity index (χ2n) is 11.6. The van der Waals surface area contributed by atoms with Gasteiger partial charge in [-0.1, -0.05) is 0 Å². The van der Waals surface area contributed by atoms with Crippen molar-refractivity contribution in [2.45, 2.75) is 0 Å². The van der Waals surface area contributed by atoms with Crippen molar-refractivity contribution in [3.05, 3.63) is 72.8 Å². The maximum Gasteiger partial charge on any atom is 0.164 e. The van der Waals surface area contributed by atoms with Crippen LogP contribution < -0.4 is 22.9 Å². The minimum atomic E-state index is 0.476. The lowest BCUT2D eigenvalue weighted by molar-refractivity contribution is 0.960. The molecule has 0 radical (unpaired) electrons. The van der Waals surface area contributed by atoms with E-state index in [1.54, 1.807) is 0 Å². The number of nitrogens with zero attached hydrogens (tertiary/aromatic N) is 8. The minimum absolute atomic E-state index is 0.476. The van der Waals surface area contributed by atoms with Crippen LogP contribution in [0.2, 0.25) is 0 Å². The van der Waals surface area contributed by atoms with Gasteiger partial charge in [0.25, 0.3) is 0 Å². The highest BCUT2D eigenvalue weighted by Gasteiger charge is 2.24. The molecule has 2 aliphatic rings. The third-order valence-corrected chi connectivity index (χ3v) is 8.64. The monoisotopic (exact) mass is 602 g/mol. The highest BCUT2D eigenvalue weighted by atomic mass is 15.1. The first-order valence-corrected chi connectivity index (χ1v) is 14.6. The van der Waals surface area contributed by atoms with Gasteiger partial charge in [-0.25, -0.2) is 29.9 Å². The topological polar surface area (TPSA) is 191 Å². The summed E-state index contributed by atoms with van der Waals surface area (Å²) < 4.78 is 3.85. The molecule has 8 N–H and O–H groups in total. The van der Waals surface area contributed by atoms with Crippen LogP contribution in [0.3, 0.4) is 0 Å². The third kappa shape index (κ3) is 3.60. The molecule has 46 heavy (non-hydrogen) atoms. The molecule has 8 bridgehead atoms. The molecule has 0 saturated heterocycles. The SMILES string of the molecule is Cn1c2nc3nc(nc4c5cc(N)ccc5c(nc5nc(nc1c1cc(N)ccc12)-c1ccc(N)cc1-5)n4C)-c1cc(N)ccc1-3. The molecule has 2 aliphatic heterocycles. The number of benzene rings is 4. The largest absolute Gasteiger partial charge is 0.399 e. The van der Waals surface area contributed by atoms with Gasteiger partial charge < -0.3 is 32.1 Å². The average molecular weight is 603 g/mol. The fourth-order valence-electron chi connectivity index (χ4n) is 6.42. The number of nitrogens with two attached hydrogens (primary N) is 4. The number of anilines is 4. The number of fused-ring (bicyclic) bond motifs is 20. The van der Waals surface area contributed by atoms with Crippen LogP contribution in [0.4, 0.5) is 22.7 Å². The van der Waals surface area contributed by atoms with E-state index in [4.69, 9.17) is 52.8 Å². The van der Waals surface area contributed by atoms with Crippen LogP contribution in [0.5, 0.6) is 0 Å². The van der Waals surface area contributed by atoms with Gasteiger partial charge in [0.05, 0.1) is 0 Å². The lowest BCUT2D eigenvalue weighted by atomic mass is 10.1. The molecule has 5 heterocycles. The number of rotatable bonds is 0. The Labute approximate surface area is 261 Å². The summed E-state index contributed by atoms with van der Waals surface area (Å²) in [5.74, 6) is 1.96. The summed E-state index contributed by atoms with van der Waals surface area (Å²) in [5, 5.41) is 3.37. The first-order valence-electron chi connectivity index (χ1n) is 14.6. The Hall–Kier alpha value is -6.56. The molecule has 12 nitrogen and oxygen atoms in total. The molecule has 9 rings (SSSR count). The predicted molar refractivity (Wildman–Crippen MR) is 183 cm³/mol. The van der Waals surface area contributed by atoms with Gasteiger partial charge in [-0.15, -0.1) is 0 Å². The number of hydrogen-bond donors (Lipinski definition) is 4. The zero-order valence-electron chi connectivity index (χ0n) is 24.8. The zero-order chi connectivity index (χ0) is 31.4. The molecule has 0 saturated carbocycles. The van der Waals surface area contributed by atoms with Crippen LogP contribution >= 0.6 is 0 Å². The van der Waals surface area contributed by atoms with Crippen molar-refractivity contribution in [1.82, 2.24) is 39.0 Å². The zero-order valence-corrected chi connectivity index (χ0v) is 24.8. The highest BCUT2D eigenvalue weighted by molar-refractivity contribution is 6.08. The number of nitrogen functional groups attached to an aromatic ring is 4. The molecule has 12 heteroatoms. The average Bonchev–Trinajstić information content (AvgIpc) is 3.70. The summed E-state index contributed by atoms with van der Waals surface area (Å²) >= 11 is 0. The van der Waals surface area contributed by atoms with Crippen molar-refractivity contribution < 1.29 is 0 Å². The van der Waals surface area contributed by atoms with E-state index in [2.05, 4.69) is 0 Å². The van der Waals surface area contributed by atoms with E-state index in [1.807, 2.05) is 96.0 Å². The molecular formula is C34H26N12. The van der Waals surface area contributed by atoms with Gasteiger partial charge in [0.2, 0.25) is 0 Å². The Morgan fingerprint density at radius 1 is 0.370 bits per heavy atom. The third-order valence-electron chi connectivity index (χ3n) is 8.64. The van der Waals surface area contributed by atoms with E-state index in [0.29, 0.717) is 68.6 Å². The summed E-state index contributed by atoms with van der Waals surface area (Å²) in [7, 11) is 3.83. The lowest BCUT2D eigenvalue weighted by Crippen LogP contribution is -1.93. The summed E-state index contributed by atoms with van der Waals surface area (Å²) in [5.41, 5.74) is 33.2. The van der Waals surface area contributed by atoms with Crippen LogP contribution in [-0.4, -0.2) is 39.0 Å². The summed E-state index contributed by atoms with van der Waals surface area (Å²) in [6.45, 7) is 0. The van der Waals surface area contributed by atoms with E-state index in [1.165, 1.54) is 0 Å². The van der Waals surface area contributed by atoms with Crippen LogP contribution in [0.25, 0.3) is 89.7 Å². The van der Waals surface area contributed by atoms with Gasteiger partial charge in [-0.3, -0.25) is 0 Å². The molecule has 222 valence electrons. The Morgan fingerprint density at radius 2 is 0.696 bits per heavy atom. The lowest BCUT2D eigenvalue weighted by Gasteiger charge is -2.01. The number of aromatic nitrogens is 8. The van der Waals surface area contributed by atoms with Gasteiger partial charge in [-0.2, -0.15) is 0 Å². The predicted octanol–water partition coefficient (Wildman–Crippen LogP) is 5.22. The molecule has 4 aromatic carbocycles. The first kappa shape index (κ1) is 25.9. The van der Waals surface area contributed by atoms with Gasteiger partial charge in [0, 0.05) is 80.6 Å². The number of hydrogen-bond acceptors (Lipinski definition) is 10. The number of aryl methyl sites for hydroxylation is 2. The van der Waals surface area contributed by atoms with E-state index in [0.717, 1.165) is 43.8 Å². The Balaban J connectivity index is 1.55. The van der Waals surface area contributed by atoms with E-state index < -0.39 is 0 Å². The maximum absolute atomic E-state index is 6.28. The molecule has 0 aliphatic carbocycles. The van der Waals surface area contributed by atoms with Crippen molar-refractivity contribution in [2.24, 2.45) is 14.1 Å². The van der Waals surface area contributed by atoms with Crippen molar-refractivity contribution in [3.63, 3.8) is 0 Å². The Kier molecular flexibility index (Phi) is 5.06. The fourth-order valence-corrected chi connectivity index (χ4v) is 6.42. The van der Waals surface area contributed by atoms with E-state index in [9.17, 15) is 0 Å². The molecule has 7 aromatic rings. The molecule has 3 aromatic heterocycles. The van der Waals surface area contributed by atoms with Crippen LogP contribution in [0.15, 0.2) is 72.8 Å². The van der Waals surface area contributed by atoms with Gasteiger partial charge in [0.15, 0.2) is 23.3 Å². The second kappa shape index (κ2) is 8.99. The van der Waals surface area contributed by atoms with E-state index >= 15 is 0 Å². The molecular weight excluding hydrogens is 576 g/mol. The van der Waals surface area contributed by atoms with Crippen LogP contribution in [0, 0.1) is 0 Å². The Morgan fingerprint density at radius 3 is 1.11 bits per heavy atom.